The number of thioether (sulfide) groups is 1. The van der Waals surface area contributed by atoms with Crippen molar-refractivity contribution < 1.29 is 4.79 Å². The Morgan fingerprint density at radius 1 is 1.13 bits per heavy atom. The van der Waals surface area contributed by atoms with Gasteiger partial charge in [-0.05, 0) is 11.6 Å². The van der Waals surface area contributed by atoms with Crippen LogP contribution in [-0.2, 0) is 4.79 Å². The molecule has 0 saturated heterocycles. The van der Waals surface area contributed by atoms with E-state index in [1.807, 2.05) is 54.6 Å². The number of nitrogen functional groups attached to an aromatic ring is 1. The zero-order valence-electron chi connectivity index (χ0n) is 12.2. The number of para-hydroxylation sites is 1. The fraction of sp³-hybridized carbons (Fsp3) is 0.0625. The predicted molar refractivity (Wildman–Crippen MR) is 91.4 cm³/mol. The number of hydrogen-bond acceptors (Lipinski definition) is 5. The van der Waals surface area contributed by atoms with E-state index in [0.29, 0.717) is 5.16 Å². The van der Waals surface area contributed by atoms with Crippen LogP contribution in [0.25, 0.3) is 11.1 Å². The summed E-state index contributed by atoms with van der Waals surface area (Å²) >= 11 is 1.24. The standard InChI is InChI=1S/C16H15N5OS/c17-21-11-18-20-16(21)23-10-15(22)19-14-9-5-4-8-13(14)12-6-2-1-3-7-12/h1-9,11H,10,17H2,(H,19,22). The molecule has 0 unspecified atom stereocenters. The van der Waals surface area contributed by atoms with Crippen molar-refractivity contribution in [2.24, 2.45) is 0 Å². The van der Waals surface area contributed by atoms with E-state index in [9.17, 15) is 4.79 Å². The average Bonchev–Trinajstić information content (AvgIpc) is 2.99. The topological polar surface area (TPSA) is 85.8 Å². The summed E-state index contributed by atoms with van der Waals surface area (Å²) in [6.45, 7) is 0. The van der Waals surface area contributed by atoms with Crippen molar-refractivity contribution in [1.29, 1.82) is 0 Å². The van der Waals surface area contributed by atoms with Crippen LogP contribution in [0, 0.1) is 0 Å². The number of benzene rings is 2. The second kappa shape index (κ2) is 6.97. The first-order chi connectivity index (χ1) is 11.2. The third kappa shape index (κ3) is 3.70. The summed E-state index contributed by atoms with van der Waals surface area (Å²) in [5.74, 6) is 5.70. The van der Waals surface area contributed by atoms with Crippen LogP contribution in [0.2, 0.25) is 0 Å². The minimum Gasteiger partial charge on any atom is -0.336 e. The lowest BCUT2D eigenvalue weighted by Crippen LogP contribution is -2.16. The highest BCUT2D eigenvalue weighted by molar-refractivity contribution is 7.99. The minimum atomic E-state index is -0.124. The molecular weight excluding hydrogens is 310 g/mol. The van der Waals surface area contributed by atoms with Gasteiger partial charge < -0.3 is 11.2 Å². The number of nitrogens with zero attached hydrogens (tertiary/aromatic N) is 3. The van der Waals surface area contributed by atoms with E-state index >= 15 is 0 Å². The molecule has 1 heterocycles. The van der Waals surface area contributed by atoms with Gasteiger partial charge in [0.25, 0.3) is 0 Å². The molecule has 0 bridgehead atoms. The Hall–Kier alpha value is -2.80. The monoisotopic (exact) mass is 325 g/mol. The van der Waals surface area contributed by atoms with Crippen molar-refractivity contribution >= 4 is 23.4 Å². The van der Waals surface area contributed by atoms with Crippen LogP contribution in [0.4, 0.5) is 5.69 Å². The van der Waals surface area contributed by atoms with Crippen molar-refractivity contribution in [2.75, 3.05) is 16.9 Å². The molecule has 3 aromatic rings. The third-order valence-corrected chi connectivity index (χ3v) is 4.12. The SMILES string of the molecule is Nn1cnnc1SCC(=O)Nc1ccccc1-c1ccccc1. The fourth-order valence-electron chi connectivity index (χ4n) is 2.11. The Morgan fingerprint density at radius 2 is 1.87 bits per heavy atom. The molecule has 7 heteroatoms. The van der Waals surface area contributed by atoms with Crippen LogP contribution in [0.1, 0.15) is 0 Å². The van der Waals surface area contributed by atoms with Crippen molar-refractivity contribution in [3.05, 3.63) is 60.9 Å². The first-order valence-corrected chi connectivity index (χ1v) is 7.95. The summed E-state index contributed by atoms with van der Waals surface area (Å²) in [6.07, 6.45) is 1.39. The Morgan fingerprint density at radius 3 is 2.61 bits per heavy atom. The normalized spacial score (nSPS) is 10.4. The van der Waals surface area contributed by atoms with Gasteiger partial charge in [-0.1, -0.05) is 60.3 Å². The number of amides is 1. The Bertz CT molecular complexity index is 803. The van der Waals surface area contributed by atoms with Crippen molar-refractivity contribution in [3.63, 3.8) is 0 Å². The van der Waals surface area contributed by atoms with Gasteiger partial charge in [-0.25, -0.2) is 4.68 Å². The summed E-state index contributed by atoms with van der Waals surface area (Å²) in [5, 5.41) is 10.9. The number of carbonyl (C=O) groups is 1. The van der Waals surface area contributed by atoms with Crippen LogP contribution < -0.4 is 11.2 Å². The van der Waals surface area contributed by atoms with Crippen LogP contribution in [0.3, 0.4) is 0 Å². The maximum Gasteiger partial charge on any atom is 0.234 e. The van der Waals surface area contributed by atoms with Gasteiger partial charge in [0.15, 0.2) is 0 Å². The van der Waals surface area contributed by atoms with Crippen molar-refractivity contribution in [3.8, 4) is 11.1 Å². The number of rotatable bonds is 5. The molecule has 0 radical (unpaired) electrons. The van der Waals surface area contributed by atoms with E-state index in [1.165, 1.54) is 22.8 Å². The Balaban J connectivity index is 1.71. The quantitative estimate of drug-likeness (QED) is 0.556. The molecule has 0 aliphatic heterocycles. The highest BCUT2D eigenvalue weighted by Gasteiger charge is 2.10. The van der Waals surface area contributed by atoms with Gasteiger partial charge in [0.05, 0.1) is 5.75 Å². The summed E-state index contributed by atoms with van der Waals surface area (Å²) in [4.78, 5) is 12.2. The second-order valence-corrected chi connectivity index (χ2v) is 5.71. The molecule has 23 heavy (non-hydrogen) atoms. The lowest BCUT2D eigenvalue weighted by molar-refractivity contribution is -0.113. The first kappa shape index (κ1) is 15.1. The van der Waals surface area contributed by atoms with Gasteiger partial charge in [0.2, 0.25) is 11.1 Å². The first-order valence-electron chi connectivity index (χ1n) is 6.96. The zero-order chi connectivity index (χ0) is 16.1. The maximum atomic E-state index is 12.2. The number of nitrogens with two attached hydrogens (primary N) is 1. The highest BCUT2D eigenvalue weighted by Crippen LogP contribution is 2.27. The molecule has 0 aliphatic carbocycles. The molecule has 0 spiro atoms. The lowest BCUT2D eigenvalue weighted by Gasteiger charge is -2.11. The average molecular weight is 325 g/mol. The number of anilines is 1. The molecule has 0 fully saturated rings. The second-order valence-electron chi connectivity index (χ2n) is 4.77. The van der Waals surface area contributed by atoms with Crippen LogP contribution in [-0.4, -0.2) is 26.5 Å². The number of carbonyl (C=O) groups excluding carboxylic acids is 1. The smallest absolute Gasteiger partial charge is 0.234 e. The molecule has 0 atom stereocenters. The van der Waals surface area contributed by atoms with Gasteiger partial charge in [0.1, 0.15) is 6.33 Å². The molecule has 0 aliphatic rings. The predicted octanol–water partition coefficient (Wildman–Crippen LogP) is 2.39. The molecule has 2 aromatic carbocycles. The van der Waals surface area contributed by atoms with Crippen molar-refractivity contribution in [1.82, 2.24) is 14.9 Å². The third-order valence-electron chi connectivity index (χ3n) is 3.16. The molecule has 1 amide bonds. The maximum absolute atomic E-state index is 12.2. The summed E-state index contributed by atoms with van der Waals surface area (Å²) in [5.41, 5.74) is 2.81. The van der Waals surface area contributed by atoms with E-state index in [4.69, 9.17) is 5.84 Å². The van der Waals surface area contributed by atoms with E-state index in [-0.39, 0.29) is 11.7 Å². The van der Waals surface area contributed by atoms with E-state index < -0.39 is 0 Å². The summed E-state index contributed by atoms with van der Waals surface area (Å²) in [7, 11) is 0. The number of aromatic nitrogens is 3. The van der Waals surface area contributed by atoms with Crippen LogP contribution in [0.5, 0.6) is 0 Å². The summed E-state index contributed by atoms with van der Waals surface area (Å²) < 4.78 is 1.29. The molecule has 0 saturated carbocycles. The molecule has 3 N–H and O–H groups in total. The molecule has 3 rings (SSSR count). The zero-order valence-corrected chi connectivity index (χ0v) is 13.0. The number of nitrogens with one attached hydrogen (secondary N) is 1. The van der Waals surface area contributed by atoms with Crippen LogP contribution >= 0.6 is 11.8 Å². The van der Waals surface area contributed by atoms with E-state index in [1.54, 1.807) is 0 Å². The van der Waals surface area contributed by atoms with Gasteiger partial charge >= 0.3 is 0 Å². The van der Waals surface area contributed by atoms with Gasteiger partial charge in [-0.3, -0.25) is 4.79 Å². The lowest BCUT2D eigenvalue weighted by atomic mass is 10.0. The highest BCUT2D eigenvalue weighted by atomic mass is 32.2. The minimum absolute atomic E-state index is 0.124. The number of hydrogen-bond donors (Lipinski definition) is 2. The molecule has 1 aromatic heterocycles. The summed E-state index contributed by atoms with van der Waals surface area (Å²) in [6, 6.07) is 17.6. The van der Waals surface area contributed by atoms with Gasteiger partial charge in [-0.15, -0.1) is 10.2 Å². The van der Waals surface area contributed by atoms with Gasteiger partial charge in [0, 0.05) is 11.3 Å². The van der Waals surface area contributed by atoms with E-state index in [0.717, 1.165) is 16.8 Å². The molecular formula is C16H15N5OS. The molecule has 6 nitrogen and oxygen atoms in total. The Kier molecular flexibility index (Phi) is 4.58. The largest absolute Gasteiger partial charge is 0.336 e. The fourth-order valence-corrected chi connectivity index (χ4v) is 2.75. The van der Waals surface area contributed by atoms with E-state index in [2.05, 4.69) is 15.5 Å². The van der Waals surface area contributed by atoms with Gasteiger partial charge in [-0.2, -0.15) is 0 Å². The van der Waals surface area contributed by atoms with Crippen LogP contribution in [0.15, 0.2) is 66.1 Å². The Labute approximate surface area is 137 Å². The van der Waals surface area contributed by atoms with Crippen molar-refractivity contribution in [2.45, 2.75) is 5.16 Å². The molecule has 116 valence electrons.